The van der Waals surface area contributed by atoms with E-state index < -0.39 is 9.05 Å². The van der Waals surface area contributed by atoms with Gasteiger partial charge in [-0.2, -0.15) is 0 Å². The lowest BCUT2D eigenvalue weighted by atomic mass is 10.2. The molecule has 0 saturated heterocycles. The van der Waals surface area contributed by atoms with Crippen LogP contribution in [0.5, 0.6) is 5.75 Å². The first kappa shape index (κ1) is 13.3. The van der Waals surface area contributed by atoms with Crippen molar-refractivity contribution < 1.29 is 13.2 Å². The lowest BCUT2D eigenvalue weighted by molar-refractivity contribution is 0.193. The van der Waals surface area contributed by atoms with Crippen LogP contribution in [0.15, 0.2) is 29.2 Å². The Morgan fingerprint density at radius 3 is 2.06 bits per heavy atom. The third-order valence-electron chi connectivity index (χ3n) is 2.32. The van der Waals surface area contributed by atoms with Crippen LogP contribution < -0.4 is 4.74 Å². The molecule has 0 fully saturated rings. The molecule has 1 aromatic carbocycles. The molecule has 0 aromatic heterocycles. The molecule has 0 aliphatic rings. The molecule has 90 valence electrons. The predicted molar refractivity (Wildman–Crippen MR) is 64.5 cm³/mol. The Kier molecular flexibility index (Phi) is 4.62. The summed E-state index contributed by atoms with van der Waals surface area (Å²) in [5.41, 5.74) is 0. The van der Waals surface area contributed by atoms with E-state index in [0.717, 1.165) is 12.8 Å². The van der Waals surface area contributed by atoms with Crippen molar-refractivity contribution in [2.75, 3.05) is 0 Å². The summed E-state index contributed by atoms with van der Waals surface area (Å²) in [6, 6.07) is 6.13. The Hall–Kier alpha value is -0.740. The molecule has 0 atom stereocenters. The van der Waals surface area contributed by atoms with E-state index in [1.54, 1.807) is 12.1 Å². The second-order valence-electron chi connectivity index (χ2n) is 3.47. The number of hydrogen-bond donors (Lipinski definition) is 0. The second kappa shape index (κ2) is 5.55. The lowest BCUT2D eigenvalue weighted by Gasteiger charge is -2.15. The third kappa shape index (κ3) is 3.68. The van der Waals surface area contributed by atoms with Crippen LogP contribution in [0, 0.1) is 0 Å². The summed E-state index contributed by atoms with van der Waals surface area (Å²) < 4.78 is 27.6. The van der Waals surface area contributed by atoms with Gasteiger partial charge in [0, 0.05) is 10.7 Å². The van der Waals surface area contributed by atoms with Gasteiger partial charge in [0.25, 0.3) is 9.05 Å². The Morgan fingerprint density at radius 1 is 1.19 bits per heavy atom. The number of rotatable bonds is 5. The summed E-state index contributed by atoms with van der Waals surface area (Å²) in [6.07, 6.45) is 2.01. The number of benzene rings is 1. The van der Waals surface area contributed by atoms with Crippen LogP contribution in [-0.2, 0) is 9.05 Å². The maximum absolute atomic E-state index is 11.0. The molecule has 0 heterocycles. The van der Waals surface area contributed by atoms with Gasteiger partial charge in [0.15, 0.2) is 0 Å². The molecule has 0 aliphatic heterocycles. The zero-order valence-corrected chi connectivity index (χ0v) is 10.9. The fourth-order valence-electron chi connectivity index (χ4n) is 1.33. The molecule has 1 rings (SSSR count). The van der Waals surface area contributed by atoms with E-state index in [-0.39, 0.29) is 11.0 Å². The lowest BCUT2D eigenvalue weighted by Crippen LogP contribution is -2.13. The van der Waals surface area contributed by atoms with Gasteiger partial charge in [-0.3, -0.25) is 0 Å². The maximum atomic E-state index is 11.0. The summed E-state index contributed by atoms with van der Waals surface area (Å²) in [7, 11) is 1.56. The van der Waals surface area contributed by atoms with E-state index in [2.05, 4.69) is 0 Å². The first-order valence-corrected chi connectivity index (χ1v) is 7.49. The van der Waals surface area contributed by atoms with E-state index >= 15 is 0 Å². The fraction of sp³-hybridized carbons (Fsp3) is 0.455. The van der Waals surface area contributed by atoms with Gasteiger partial charge in [0.1, 0.15) is 5.75 Å². The van der Waals surface area contributed by atoms with Gasteiger partial charge in [0.05, 0.1) is 11.0 Å². The van der Waals surface area contributed by atoms with Crippen molar-refractivity contribution in [2.24, 2.45) is 0 Å². The largest absolute Gasteiger partial charge is 0.490 e. The van der Waals surface area contributed by atoms with Crippen molar-refractivity contribution in [3.63, 3.8) is 0 Å². The van der Waals surface area contributed by atoms with Crippen molar-refractivity contribution in [2.45, 2.75) is 37.7 Å². The Bertz CT molecular complexity index is 421. The summed E-state index contributed by atoms with van der Waals surface area (Å²) in [6.45, 7) is 4.09. The molecular weight excluding hydrogens is 248 g/mol. The van der Waals surface area contributed by atoms with E-state index in [1.165, 1.54) is 12.1 Å². The van der Waals surface area contributed by atoms with Gasteiger partial charge in [-0.05, 0) is 37.1 Å². The third-order valence-corrected chi connectivity index (χ3v) is 3.69. The maximum Gasteiger partial charge on any atom is 0.261 e. The van der Waals surface area contributed by atoms with Gasteiger partial charge in [0.2, 0.25) is 0 Å². The zero-order chi connectivity index (χ0) is 12.2. The van der Waals surface area contributed by atoms with E-state index in [0.29, 0.717) is 5.75 Å². The fourth-order valence-corrected chi connectivity index (χ4v) is 2.10. The number of halogens is 1. The molecule has 5 heteroatoms. The minimum atomic E-state index is -3.64. The normalized spacial score (nSPS) is 11.8. The van der Waals surface area contributed by atoms with Crippen molar-refractivity contribution in [1.82, 2.24) is 0 Å². The average Bonchev–Trinajstić information content (AvgIpc) is 2.25. The summed E-state index contributed by atoms with van der Waals surface area (Å²) in [5.74, 6) is 0.665. The Morgan fingerprint density at radius 2 is 1.69 bits per heavy atom. The zero-order valence-electron chi connectivity index (χ0n) is 9.31. The van der Waals surface area contributed by atoms with Crippen LogP contribution in [0.25, 0.3) is 0 Å². The molecular formula is C11H15ClO3S. The number of ether oxygens (including phenoxy) is 1. The molecule has 0 unspecified atom stereocenters. The molecule has 0 amide bonds. The van der Waals surface area contributed by atoms with E-state index in [9.17, 15) is 8.42 Å². The molecule has 0 spiro atoms. The van der Waals surface area contributed by atoms with Gasteiger partial charge in [-0.1, -0.05) is 13.8 Å². The Labute approximate surface area is 101 Å². The molecule has 0 saturated carbocycles. The summed E-state index contributed by atoms with van der Waals surface area (Å²) in [5, 5.41) is 0. The highest BCUT2D eigenvalue weighted by Gasteiger charge is 2.10. The standard InChI is InChI=1S/C11H15ClO3S/c1-3-9(4-2)15-10-5-7-11(8-6-10)16(12,13)14/h5-9H,3-4H2,1-2H3. The van der Waals surface area contributed by atoms with E-state index in [4.69, 9.17) is 15.4 Å². The second-order valence-corrected chi connectivity index (χ2v) is 6.03. The topological polar surface area (TPSA) is 43.4 Å². The molecule has 1 aromatic rings. The summed E-state index contributed by atoms with van der Waals surface area (Å²) >= 11 is 0. The SMILES string of the molecule is CCC(CC)Oc1ccc(S(=O)(=O)Cl)cc1. The molecule has 0 aliphatic carbocycles. The smallest absolute Gasteiger partial charge is 0.261 e. The quantitative estimate of drug-likeness (QED) is 0.766. The van der Waals surface area contributed by atoms with Gasteiger partial charge in [-0.15, -0.1) is 0 Å². The molecule has 3 nitrogen and oxygen atoms in total. The molecule has 16 heavy (non-hydrogen) atoms. The summed E-state index contributed by atoms with van der Waals surface area (Å²) in [4.78, 5) is 0.0889. The highest BCUT2D eigenvalue weighted by atomic mass is 35.7. The molecule has 0 bridgehead atoms. The van der Waals surface area contributed by atoms with Crippen LogP contribution >= 0.6 is 10.7 Å². The van der Waals surface area contributed by atoms with Crippen LogP contribution in [0.2, 0.25) is 0 Å². The van der Waals surface area contributed by atoms with Crippen LogP contribution in [0.1, 0.15) is 26.7 Å². The number of hydrogen-bond acceptors (Lipinski definition) is 3. The van der Waals surface area contributed by atoms with Crippen LogP contribution in [-0.4, -0.2) is 14.5 Å². The highest BCUT2D eigenvalue weighted by molar-refractivity contribution is 8.13. The first-order chi connectivity index (χ1) is 7.47. The average molecular weight is 263 g/mol. The molecule has 0 N–H and O–H groups in total. The van der Waals surface area contributed by atoms with Gasteiger partial charge in [-0.25, -0.2) is 8.42 Å². The van der Waals surface area contributed by atoms with Gasteiger partial charge < -0.3 is 4.74 Å². The van der Waals surface area contributed by atoms with Gasteiger partial charge >= 0.3 is 0 Å². The van der Waals surface area contributed by atoms with Crippen molar-refractivity contribution >= 4 is 19.7 Å². The molecule has 0 radical (unpaired) electrons. The predicted octanol–water partition coefficient (Wildman–Crippen LogP) is 3.18. The van der Waals surface area contributed by atoms with Crippen LogP contribution in [0.4, 0.5) is 0 Å². The monoisotopic (exact) mass is 262 g/mol. The minimum absolute atomic E-state index is 0.0889. The highest BCUT2D eigenvalue weighted by Crippen LogP contribution is 2.20. The van der Waals surface area contributed by atoms with E-state index in [1.807, 2.05) is 13.8 Å². The van der Waals surface area contributed by atoms with Crippen molar-refractivity contribution in [3.05, 3.63) is 24.3 Å². The van der Waals surface area contributed by atoms with Crippen LogP contribution in [0.3, 0.4) is 0 Å². The van der Waals surface area contributed by atoms with Crippen molar-refractivity contribution in [1.29, 1.82) is 0 Å². The minimum Gasteiger partial charge on any atom is -0.490 e. The van der Waals surface area contributed by atoms with Crippen molar-refractivity contribution in [3.8, 4) is 5.75 Å². The Balaban J connectivity index is 2.80. The first-order valence-electron chi connectivity index (χ1n) is 5.18.